The fourth-order valence-corrected chi connectivity index (χ4v) is 4.48. The van der Waals surface area contributed by atoms with E-state index in [-0.39, 0.29) is 5.92 Å². The molecule has 0 bridgehead atoms. The van der Waals surface area contributed by atoms with E-state index in [1.54, 1.807) is 6.07 Å². The van der Waals surface area contributed by atoms with E-state index < -0.39 is 6.09 Å². The van der Waals surface area contributed by atoms with Crippen molar-refractivity contribution in [2.45, 2.75) is 12.5 Å². The van der Waals surface area contributed by atoms with Gasteiger partial charge in [0.25, 0.3) is 0 Å². The van der Waals surface area contributed by atoms with Gasteiger partial charge in [-0.15, -0.1) is 0 Å². The minimum Gasteiger partial charge on any atom is -0.449 e. The van der Waals surface area contributed by atoms with Gasteiger partial charge in [0.15, 0.2) is 0 Å². The van der Waals surface area contributed by atoms with E-state index in [0.717, 1.165) is 23.0 Å². The van der Waals surface area contributed by atoms with Crippen molar-refractivity contribution < 1.29 is 14.3 Å². The van der Waals surface area contributed by atoms with E-state index in [1.165, 1.54) is 22.3 Å². The number of rotatable bonds is 6. The summed E-state index contributed by atoms with van der Waals surface area (Å²) >= 11 is 0. The maximum atomic E-state index is 12.5. The van der Waals surface area contributed by atoms with Crippen LogP contribution < -0.4 is 5.32 Å². The molecular weight excluding hydrogens is 410 g/mol. The topological polar surface area (TPSA) is 55.4 Å². The number of carbonyl (C=O) groups is 2. The summed E-state index contributed by atoms with van der Waals surface area (Å²) in [6, 6.07) is 31.9. The standard InChI is InChI=1S/C29H23NO3/c31-18-21-8-6-10-23(16-21)22-9-5-7-20(15-22)17-30-29(32)33-19-28-26-13-3-1-11-24(26)25-12-2-4-14-27(25)28/h1-16,18,28H,17,19H2,(H,30,32). The third-order valence-electron chi connectivity index (χ3n) is 6.06. The highest BCUT2D eigenvalue weighted by atomic mass is 16.5. The van der Waals surface area contributed by atoms with Gasteiger partial charge in [-0.1, -0.05) is 84.9 Å². The number of aldehydes is 1. The zero-order chi connectivity index (χ0) is 22.6. The smallest absolute Gasteiger partial charge is 0.407 e. The lowest BCUT2D eigenvalue weighted by molar-refractivity contribution is 0.112. The number of carbonyl (C=O) groups excluding carboxylic acids is 2. The number of hydrogen-bond donors (Lipinski definition) is 1. The fourth-order valence-electron chi connectivity index (χ4n) is 4.48. The van der Waals surface area contributed by atoms with Gasteiger partial charge in [-0.2, -0.15) is 0 Å². The summed E-state index contributed by atoms with van der Waals surface area (Å²) in [7, 11) is 0. The SMILES string of the molecule is O=Cc1cccc(-c2cccc(CNC(=O)OCC3c4ccccc4-c4ccccc43)c2)c1. The van der Waals surface area contributed by atoms with Crippen molar-refractivity contribution in [3.05, 3.63) is 119 Å². The molecule has 0 fully saturated rings. The Hall–Kier alpha value is -4.18. The van der Waals surface area contributed by atoms with Crippen LogP contribution in [0.25, 0.3) is 22.3 Å². The Balaban J connectivity index is 1.23. The Morgan fingerprint density at radius 1 is 0.788 bits per heavy atom. The normalized spacial score (nSPS) is 12.0. The Morgan fingerprint density at radius 3 is 2.12 bits per heavy atom. The molecule has 0 radical (unpaired) electrons. The molecule has 1 amide bonds. The van der Waals surface area contributed by atoms with Crippen molar-refractivity contribution in [3.63, 3.8) is 0 Å². The molecule has 162 valence electrons. The monoisotopic (exact) mass is 433 g/mol. The van der Waals surface area contributed by atoms with Crippen LogP contribution in [0.3, 0.4) is 0 Å². The summed E-state index contributed by atoms with van der Waals surface area (Å²) in [6.45, 7) is 0.649. The molecule has 4 aromatic carbocycles. The van der Waals surface area contributed by atoms with Crippen LogP contribution in [0.4, 0.5) is 4.79 Å². The molecule has 1 N–H and O–H groups in total. The van der Waals surface area contributed by atoms with Crippen LogP contribution in [0, 0.1) is 0 Å². The highest BCUT2D eigenvalue weighted by molar-refractivity contribution is 5.80. The predicted molar refractivity (Wildman–Crippen MR) is 129 cm³/mol. The summed E-state index contributed by atoms with van der Waals surface area (Å²) in [6.07, 6.45) is 0.400. The third-order valence-corrected chi connectivity index (χ3v) is 6.06. The van der Waals surface area contributed by atoms with E-state index in [4.69, 9.17) is 4.74 Å². The first-order valence-corrected chi connectivity index (χ1v) is 11.0. The molecule has 1 aliphatic rings. The second-order valence-corrected chi connectivity index (χ2v) is 8.12. The zero-order valence-corrected chi connectivity index (χ0v) is 18.0. The number of amides is 1. The van der Waals surface area contributed by atoms with E-state index in [9.17, 15) is 9.59 Å². The van der Waals surface area contributed by atoms with Crippen molar-refractivity contribution >= 4 is 12.4 Å². The second kappa shape index (κ2) is 9.13. The van der Waals surface area contributed by atoms with Crippen LogP contribution in [-0.4, -0.2) is 19.0 Å². The zero-order valence-electron chi connectivity index (χ0n) is 18.0. The van der Waals surface area contributed by atoms with Gasteiger partial charge in [-0.3, -0.25) is 4.79 Å². The van der Waals surface area contributed by atoms with Crippen molar-refractivity contribution in [1.29, 1.82) is 0 Å². The van der Waals surface area contributed by atoms with E-state index in [0.29, 0.717) is 18.7 Å². The van der Waals surface area contributed by atoms with Gasteiger partial charge < -0.3 is 10.1 Å². The van der Waals surface area contributed by atoms with Crippen LogP contribution in [0.5, 0.6) is 0 Å². The Kier molecular flexibility index (Phi) is 5.73. The molecule has 4 aromatic rings. The highest BCUT2D eigenvalue weighted by Gasteiger charge is 2.28. The lowest BCUT2D eigenvalue weighted by atomic mass is 9.98. The number of alkyl carbamates (subject to hydrolysis) is 1. The first-order chi connectivity index (χ1) is 16.2. The summed E-state index contributed by atoms with van der Waals surface area (Å²) in [5.41, 5.74) is 8.34. The molecule has 0 atom stereocenters. The lowest BCUT2D eigenvalue weighted by Crippen LogP contribution is -2.25. The molecule has 1 aliphatic carbocycles. The number of benzene rings is 4. The number of ether oxygens (including phenoxy) is 1. The van der Waals surface area contributed by atoms with Crippen molar-refractivity contribution in [2.75, 3.05) is 6.61 Å². The Labute approximate surface area is 192 Å². The largest absolute Gasteiger partial charge is 0.449 e. The predicted octanol–water partition coefficient (Wildman–Crippen LogP) is 6.20. The lowest BCUT2D eigenvalue weighted by Gasteiger charge is -2.15. The second-order valence-electron chi connectivity index (χ2n) is 8.12. The van der Waals surface area contributed by atoms with Gasteiger partial charge in [0.1, 0.15) is 12.9 Å². The summed E-state index contributed by atoms with van der Waals surface area (Å²) in [5.74, 6) is 0.0385. The van der Waals surface area contributed by atoms with Crippen LogP contribution >= 0.6 is 0 Å². The van der Waals surface area contributed by atoms with Gasteiger partial charge in [0.05, 0.1) is 0 Å². The number of nitrogens with one attached hydrogen (secondary N) is 1. The van der Waals surface area contributed by atoms with Crippen LogP contribution in [-0.2, 0) is 11.3 Å². The maximum Gasteiger partial charge on any atom is 0.407 e. The van der Waals surface area contributed by atoms with Crippen molar-refractivity contribution in [3.8, 4) is 22.3 Å². The molecule has 0 saturated carbocycles. The Morgan fingerprint density at radius 2 is 1.42 bits per heavy atom. The van der Waals surface area contributed by atoms with E-state index >= 15 is 0 Å². The number of fused-ring (bicyclic) bond motifs is 3. The minimum atomic E-state index is -0.440. The quantitative estimate of drug-likeness (QED) is 0.368. The molecule has 5 rings (SSSR count). The molecule has 33 heavy (non-hydrogen) atoms. The van der Waals surface area contributed by atoms with E-state index in [2.05, 4.69) is 29.6 Å². The minimum absolute atomic E-state index is 0.0385. The molecule has 0 unspecified atom stereocenters. The molecule has 4 heteroatoms. The summed E-state index contributed by atoms with van der Waals surface area (Å²) in [4.78, 5) is 23.5. The molecule has 0 spiro atoms. The molecule has 0 aromatic heterocycles. The summed E-state index contributed by atoms with van der Waals surface area (Å²) < 4.78 is 5.62. The third kappa shape index (κ3) is 4.28. The molecular formula is C29H23NO3. The van der Waals surface area contributed by atoms with Gasteiger partial charge in [-0.25, -0.2) is 4.79 Å². The summed E-state index contributed by atoms with van der Waals surface area (Å²) in [5, 5.41) is 2.85. The van der Waals surface area contributed by atoms with Gasteiger partial charge in [0, 0.05) is 18.0 Å². The van der Waals surface area contributed by atoms with Crippen LogP contribution in [0.2, 0.25) is 0 Å². The fraction of sp³-hybridized carbons (Fsp3) is 0.103. The first-order valence-electron chi connectivity index (χ1n) is 11.0. The molecule has 4 nitrogen and oxygen atoms in total. The molecule has 0 aliphatic heterocycles. The highest BCUT2D eigenvalue weighted by Crippen LogP contribution is 2.44. The molecule has 0 heterocycles. The van der Waals surface area contributed by atoms with Crippen LogP contribution in [0.15, 0.2) is 97.1 Å². The van der Waals surface area contributed by atoms with Crippen molar-refractivity contribution in [2.24, 2.45) is 0 Å². The average Bonchev–Trinajstić information content (AvgIpc) is 3.20. The van der Waals surface area contributed by atoms with Gasteiger partial charge in [0.2, 0.25) is 0 Å². The Bertz CT molecular complexity index is 1280. The molecule has 0 saturated heterocycles. The van der Waals surface area contributed by atoms with Crippen LogP contribution in [0.1, 0.15) is 33.0 Å². The van der Waals surface area contributed by atoms with E-state index in [1.807, 2.05) is 66.7 Å². The van der Waals surface area contributed by atoms with Gasteiger partial charge >= 0.3 is 6.09 Å². The maximum absolute atomic E-state index is 12.5. The van der Waals surface area contributed by atoms with Gasteiger partial charge in [-0.05, 0) is 51.1 Å². The average molecular weight is 434 g/mol. The number of hydrogen-bond acceptors (Lipinski definition) is 3. The van der Waals surface area contributed by atoms with Crippen molar-refractivity contribution in [1.82, 2.24) is 5.32 Å². The first kappa shape index (κ1) is 20.7.